The second-order valence-electron chi connectivity index (χ2n) is 9.40. The van der Waals surface area contributed by atoms with Crippen molar-refractivity contribution in [1.29, 1.82) is 0 Å². The van der Waals surface area contributed by atoms with E-state index in [2.05, 4.69) is 24.0 Å². The van der Waals surface area contributed by atoms with E-state index >= 15 is 0 Å². The first-order valence-electron chi connectivity index (χ1n) is 13.0. The van der Waals surface area contributed by atoms with E-state index in [1.165, 1.54) is 16.2 Å². The minimum Gasteiger partial charge on any atom is -0.507 e. The number of hydrogen-bond donors (Lipinski definition) is 1. The number of Topliss-reactive ketones (excluding diaryl/α,β-unsaturated/α-hetero) is 1. The fraction of sp³-hybridized carbons (Fsp3) is 0.379. The summed E-state index contributed by atoms with van der Waals surface area (Å²) in [6.07, 6.45) is 0.881. The summed E-state index contributed by atoms with van der Waals surface area (Å²) in [6, 6.07) is 11.0. The van der Waals surface area contributed by atoms with E-state index < -0.39 is 17.7 Å². The van der Waals surface area contributed by atoms with Crippen molar-refractivity contribution in [2.75, 3.05) is 24.7 Å². The van der Waals surface area contributed by atoms with Gasteiger partial charge in [0.25, 0.3) is 5.78 Å². The van der Waals surface area contributed by atoms with Gasteiger partial charge in [0.1, 0.15) is 16.5 Å². The van der Waals surface area contributed by atoms with Crippen LogP contribution in [-0.4, -0.2) is 46.8 Å². The van der Waals surface area contributed by atoms with E-state index in [0.29, 0.717) is 59.1 Å². The number of ketones is 1. The van der Waals surface area contributed by atoms with E-state index in [9.17, 15) is 14.7 Å². The molecule has 1 unspecified atom stereocenters. The summed E-state index contributed by atoms with van der Waals surface area (Å²) in [5.74, 6) is 0.270. The lowest BCUT2D eigenvalue weighted by molar-refractivity contribution is -0.132. The van der Waals surface area contributed by atoms with Crippen molar-refractivity contribution < 1.29 is 28.9 Å². The second-order valence-corrected chi connectivity index (χ2v) is 10.6. The minimum atomic E-state index is -0.951. The van der Waals surface area contributed by atoms with Gasteiger partial charge in [0.15, 0.2) is 11.5 Å². The van der Waals surface area contributed by atoms with Crippen molar-refractivity contribution in [2.24, 2.45) is 5.92 Å². The molecule has 1 aromatic heterocycles. The third-order valence-corrected chi connectivity index (χ3v) is 6.98. The molecule has 0 bridgehead atoms. The Morgan fingerprint density at radius 1 is 1.00 bits per heavy atom. The molecule has 1 aliphatic rings. The Bertz CT molecular complexity index is 1370. The van der Waals surface area contributed by atoms with Crippen LogP contribution >= 0.6 is 11.3 Å². The van der Waals surface area contributed by atoms with Gasteiger partial charge in [-0.2, -0.15) is 0 Å². The number of carbonyl (C=O) groups is 2. The van der Waals surface area contributed by atoms with Crippen molar-refractivity contribution in [3.8, 4) is 17.2 Å². The maximum atomic E-state index is 13.4. The lowest BCUT2D eigenvalue weighted by Crippen LogP contribution is -2.29. The molecule has 1 N–H and O–H groups in total. The molecule has 206 valence electrons. The molecular formula is C29H33N3O6S. The number of aliphatic hydroxyl groups is 1. The predicted octanol–water partition coefficient (Wildman–Crippen LogP) is 5.70. The molecule has 1 fully saturated rings. The van der Waals surface area contributed by atoms with Crippen LogP contribution in [0.15, 0.2) is 48.0 Å². The monoisotopic (exact) mass is 551 g/mol. The second kappa shape index (κ2) is 12.3. The molecule has 2 heterocycles. The first-order valence-corrected chi connectivity index (χ1v) is 13.8. The van der Waals surface area contributed by atoms with Gasteiger partial charge in [-0.05, 0) is 75.1 Å². The number of benzene rings is 2. The topological polar surface area (TPSA) is 111 Å². The molecule has 0 aliphatic carbocycles. The van der Waals surface area contributed by atoms with Crippen LogP contribution < -0.4 is 19.1 Å². The van der Waals surface area contributed by atoms with Crippen molar-refractivity contribution in [2.45, 2.75) is 47.1 Å². The number of aliphatic hydroxyl groups excluding tert-OH is 1. The van der Waals surface area contributed by atoms with Gasteiger partial charge >= 0.3 is 5.91 Å². The van der Waals surface area contributed by atoms with E-state index in [4.69, 9.17) is 14.2 Å². The number of aromatic nitrogens is 2. The van der Waals surface area contributed by atoms with E-state index in [0.717, 1.165) is 6.42 Å². The lowest BCUT2D eigenvalue weighted by Gasteiger charge is -2.24. The first-order chi connectivity index (χ1) is 18.7. The molecule has 0 spiro atoms. The molecule has 0 saturated carbocycles. The zero-order valence-corrected chi connectivity index (χ0v) is 23.6. The number of aryl methyl sites for hydroxylation is 1. The van der Waals surface area contributed by atoms with Crippen LogP contribution in [-0.2, 0) is 9.59 Å². The smallest absolute Gasteiger partial charge is 0.301 e. The van der Waals surface area contributed by atoms with Crippen LogP contribution in [0.1, 0.15) is 56.3 Å². The maximum absolute atomic E-state index is 13.4. The maximum Gasteiger partial charge on any atom is 0.301 e. The van der Waals surface area contributed by atoms with Crippen LogP contribution in [0.25, 0.3) is 5.76 Å². The SMILES string of the molecule is CCOc1ccc(C(O)=C2C(=O)C(=O)N(c3nnc(C)s3)C2c2ccc(OCCC(C)C)c(OCC)c2)cc1. The Hall–Kier alpha value is -3.92. The lowest BCUT2D eigenvalue weighted by atomic mass is 9.95. The summed E-state index contributed by atoms with van der Waals surface area (Å²) in [5.41, 5.74) is 0.899. The van der Waals surface area contributed by atoms with Gasteiger partial charge in [-0.1, -0.05) is 31.3 Å². The van der Waals surface area contributed by atoms with E-state index in [-0.39, 0.29) is 16.5 Å². The fourth-order valence-corrected chi connectivity index (χ4v) is 4.96. The highest BCUT2D eigenvalue weighted by Crippen LogP contribution is 2.45. The molecule has 10 heteroatoms. The molecule has 4 rings (SSSR count). The summed E-state index contributed by atoms with van der Waals surface area (Å²) in [7, 11) is 0. The Morgan fingerprint density at radius 3 is 2.33 bits per heavy atom. The molecular weight excluding hydrogens is 518 g/mol. The normalized spacial score (nSPS) is 16.7. The minimum absolute atomic E-state index is 0.0482. The quantitative estimate of drug-likeness (QED) is 0.184. The van der Waals surface area contributed by atoms with Gasteiger partial charge in [0.2, 0.25) is 5.13 Å². The standard InChI is InChI=1S/C29H33N3O6S/c1-6-36-21-11-8-19(9-12-21)26(33)24-25(32(28(35)27(24)34)29-31-30-18(5)39-29)20-10-13-22(23(16-20)37-7-2)38-15-14-17(3)4/h8-13,16-17,25,33H,6-7,14-15H2,1-5H3. The van der Waals surface area contributed by atoms with Gasteiger partial charge in [-0.15, -0.1) is 10.2 Å². The van der Waals surface area contributed by atoms with Gasteiger partial charge in [-0.25, -0.2) is 0 Å². The summed E-state index contributed by atoms with van der Waals surface area (Å²) < 4.78 is 17.4. The highest BCUT2D eigenvalue weighted by molar-refractivity contribution is 7.15. The van der Waals surface area contributed by atoms with Crippen LogP contribution in [0, 0.1) is 12.8 Å². The third kappa shape index (κ3) is 6.06. The van der Waals surface area contributed by atoms with Crippen molar-refractivity contribution in [3.63, 3.8) is 0 Å². The summed E-state index contributed by atoms with van der Waals surface area (Å²) >= 11 is 1.19. The zero-order valence-electron chi connectivity index (χ0n) is 22.8. The Morgan fingerprint density at radius 2 is 1.72 bits per heavy atom. The number of carbonyl (C=O) groups excluding carboxylic acids is 2. The molecule has 1 aliphatic heterocycles. The van der Waals surface area contributed by atoms with Crippen molar-refractivity contribution in [3.05, 3.63) is 64.2 Å². The number of ether oxygens (including phenoxy) is 3. The summed E-state index contributed by atoms with van der Waals surface area (Å²) in [5, 5.41) is 20.5. The highest BCUT2D eigenvalue weighted by Gasteiger charge is 2.48. The number of anilines is 1. The van der Waals surface area contributed by atoms with Crippen LogP contribution in [0.3, 0.4) is 0 Å². The van der Waals surface area contributed by atoms with Gasteiger partial charge in [-0.3, -0.25) is 14.5 Å². The number of rotatable bonds is 11. The predicted molar refractivity (Wildman–Crippen MR) is 150 cm³/mol. The highest BCUT2D eigenvalue weighted by atomic mass is 32.1. The number of amides is 1. The molecule has 1 amide bonds. The Labute approximate surface area is 232 Å². The summed E-state index contributed by atoms with van der Waals surface area (Å²) in [4.78, 5) is 28.1. The average Bonchev–Trinajstić information content (AvgIpc) is 3.45. The van der Waals surface area contributed by atoms with Crippen LogP contribution in [0.5, 0.6) is 17.2 Å². The largest absolute Gasteiger partial charge is 0.507 e. The van der Waals surface area contributed by atoms with Crippen LogP contribution in [0.2, 0.25) is 0 Å². The molecule has 1 atom stereocenters. The fourth-order valence-electron chi connectivity index (χ4n) is 4.25. The van der Waals surface area contributed by atoms with Crippen molar-refractivity contribution in [1.82, 2.24) is 10.2 Å². The Kier molecular flexibility index (Phi) is 8.86. The Balaban J connectivity index is 1.83. The summed E-state index contributed by atoms with van der Waals surface area (Å²) in [6.45, 7) is 11.2. The molecule has 39 heavy (non-hydrogen) atoms. The first kappa shape index (κ1) is 28.1. The third-order valence-electron chi connectivity index (χ3n) is 6.14. The van der Waals surface area contributed by atoms with E-state index in [1.807, 2.05) is 13.8 Å². The van der Waals surface area contributed by atoms with Gasteiger partial charge < -0.3 is 19.3 Å². The molecule has 3 aromatic rings. The number of nitrogens with zero attached hydrogens (tertiary/aromatic N) is 3. The van der Waals surface area contributed by atoms with Crippen LogP contribution in [0.4, 0.5) is 5.13 Å². The van der Waals surface area contributed by atoms with Gasteiger partial charge in [0, 0.05) is 5.56 Å². The molecule has 1 saturated heterocycles. The number of hydrogen-bond acceptors (Lipinski definition) is 9. The molecule has 0 radical (unpaired) electrons. The molecule has 2 aromatic carbocycles. The van der Waals surface area contributed by atoms with Crippen molar-refractivity contribution >= 4 is 33.9 Å². The van der Waals surface area contributed by atoms with Gasteiger partial charge in [0.05, 0.1) is 31.4 Å². The zero-order chi connectivity index (χ0) is 28.1. The average molecular weight is 552 g/mol. The van der Waals surface area contributed by atoms with E-state index in [1.54, 1.807) is 49.4 Å². The molecule has 9 nitrogen and oxygen atoms in total.